The molecule has 0 amide bonds. The average Bonchev–Trinajstić information content (AvgIpc) is 2.86. The van der Waals surface area contributed by atoms with Crippen molar-refractivity contribution in [1.82, 2.24) is 15.3 Å². The molecule has 1 aliphatic rings. The summed E-state index contributed by atoms with van der Waals surface area (Å²) in [5.74, 6) is 2.02. The monoisotopic (exact) mass is 193 g/mol. The smallest absolute Gasteiger partial charge is 0.107 e. The van der Waals surface area contributed by atoms with E-state index in [1.54, 1.807) is 0 Å². The predicted molar refractivity (Wildman–Crippen MR) is 57.1 cm³/mol. The summed E-state index contributed by atoms with van der Waals surface area (Å²) in [5, 5.41) is 3.51. The van der Waals surface area contributed by atoms with Crippen molar-refractivity contribution in [3.8, 4) is 0 Å². The first kappa shape index (κ1) is 9.71. The standard InChI is InChI=1S/C11H19N3/c1-2-4-10(3-1)9-12-6-5-11-13-7-8-14-11/h7-8,10,12H,1-6,9H2,(H,13,14). The summed E-state index contributed by atoms with van der Waals surface area (Å²) in [6.45, 7) is 2.24. The van der Waals surface area contributed by atoms with Gasteiger partial charge in [0.05, 0.1) is 0 Å². The topological polar surface area (TPSA) is 40.7 Å². The molecule has 1 saturated carbocycles. The molecular weight excluding hydrogens is 174 g/mol. The van der Waals surface area contributed by atoms with Gasteiger partial charge in [0, 0.05) is 25.4 Å². The molecule has 0 spiro atoms. The van der Waals surface area contributed by atoms with Crippen LogP contribution < -0.4 is 5.32 Å². The fraction of sp³-hybridized carbons (Fsp3) is 0.727. The normalized spacial score (nSPS) is 17.7. The third-order valence-electron chi connectivity index (χ3n) is 3.00. The minimum absolute atomic E-state index is 0.937. The van der Waals surface area contributed by atoms with Crippen LogP contribution >= 0.6 is 0 Å². The Labute approximate surface area is 85.3 Å². The Balaban J connectivity index is 1.55. The Hall–Kier alpha value is -0.830. The molecule has 1 aromatic rings. The van der Waals surface area contributed by atoms with Gasteiger partial charge in [-0.3, -0.25) is 0 Å². The van der Waals surface area contributed by atoms with E-state index in [1.165, 1.54) is 32.2 Å². The summed E-state index contributed by atoms with van der Waals surface area (Å²) in [4.78, 5) is 7.30. The molecule has 3 nitrogen and oxygen atoms in total. The van der Waals surface area contributed by atoms with Crippen LogP contribution in [0.5, 0.6) is 0 Å². The van der Waals surface area contributed by atoms with E-state index < -0.39 is 0 Å². The van der Waals surface area contributed by atoms with Gasteiger partial charge in [0.15, 0.2) is 0 Å². The molecule has 14 heavy (non-hydrogen) atoms. The number of hydrogen-bond donors (Lipinski definition) is 2. The minimum Gasteiger partial charge on any atom is -0.349 e. The predicted octanol–water partition coefficient (Wildman–Crippen LogP) is 1.73. The molecule has 78 valence electrons. The number of H-pyrrole nitrogens is 1. The molecule has 2 rings (SSSR count). The molecule has 3 heteroatoms. The van der Waals surface area contributed by atoms with E-state index in [0.717, 1.165) is 24.7 Å². The zero-order chi connectivity index (χ0) is 9.64. The molecule has 0 atom stereocenters. The molecule has 0 unspecified atom stereocenters. The molecule has 1 aliphatic carbocycles. The lowest BCUT2D eigenvalue weighted by atomic mass is 10.1. The van der Waals surface area contributed by atoms with Crippen molar-refractivity contribution in [2.24, 2.45) is 5.92 Å². The largest absolute Gasteiger partial charge is 0.349 e. The molecule has 0 aliphatic heterocycles. The van der Waals surface area contributed by atoms with Crippen LogP contribution in [0.2, 0.25) is 0 Å². The molecule has 1 heterocycles. The fourth-order valence-electron chi connectivity index (χ4n) is 2.16. The first-order valence-corrected chi connectivity index (χ1v) is 5.64. The summed E-state index contributed by atoms with van der Waals surface area (Å²) in [6, 6.07) is 0. The van der Waals surface area contributed by atoms with Crippen LogP contribution in [-0.4, -0.2) is 23.1 Å². The van der Waals surface area contributed by atoms with Crippen LogP contribution in [0.4, 0.5) is 0 Å². The highest BCUT2D eigenvalue weighted by atomic mass is 14.9. The van der Waals surface area contributed by atoms with Crippen molar-refractivity contribution in [3.63, 3.8) is 0 Å². The number of nitrogens with one attached hydrogen (secondary N) is 2. The zero-order valence-electron chi connectivity index (χ0n) is 8.63. The molecule has 0 saturated heterocycles. The van der Waals surface area contributed by atoms with Crippen LogP contribution in [0, 0.1) is 5.92 Å². The molecular formula is C11H19N3. The zero-order valence-corrected chi connectivity index (χ0v) is 8.63. The Morgan fingerprint density at radius 3 is 3.00 bits per heavy atom. The van der Waals surface area contributed by atoms with Crippen LogP contribution in [-0.2, 0) is 6.42 Å². The van der Waals surface area contributed by atoms with Crippen LogP contribution in [0.3, 0.4) is 0 Å². The third kappa shape index (κ3) is 2.84. The van der Waals surface area contributed by atoms with Crippen molar-refractivity contribution >= 4 is 0 Å². The van der Waals surface area contributed by atoms with Gasteiger partial charge in [0.25, 0.3) is 0 Å². The van der Waals surface area contributed by atoms with Gasteiger partial charge in [-0.1, -0.05) is 12.8 Å². The third-order valence-corrected chi connectivity index (χ3v) is 3.00. The maximum atomic E-state index is 4.19. The Morgan fingerprint density at radius 1 is 1.43 bits per heavy atom. The summed E-state index contributed by atoms with van der Waals surface area (Å²) in [5.41, 5.74) is 0. The van der Waals surface area contributed by atoms with Crippen molar-refractivity contribution in [2.75, 3.05) is 13.1 Å². The minimum atomic E-state index is 0.937. The lowest BCUT2D eigenvalue weighted by Crippen LogP contribution is -2.23. The molecule has 0 radical (unpaired) electrons. The molecule has 0 bridgehead atoms. The first-order chi connectivity index (χ1) is 6.95. The van der Waals surface area contributed by atoms with E-state index in [1.807, 2.05) is 12.4 Å². The van der Waals surface area contributed by atoms with Crippen LogP contribution in [0.15, 0.2) is 12.4 Å². The van der Waals surface area contributed by atoms with Crippen molar-refractivity contribution in [1.29, 1.82) is 0 Å². The molecule has 1 aromatic heterocycles. The second kappa shape index (κ2) is 5.15. The summed E-state index contributed by atoms with van der Waals surface area (Å²) < 4.78 is 0. The van der Waals surface area contributed by atoms with Gasteiger partial charge in [-0.15, -0.1) is 0 Å². The van der Waals surface area contributed by atoms with Crippen molar-refractivity contribution < 1.29 is 0 Å². The van der Waals surface area contributed by atoms with Crippen LogP contribution in [0.25, 0.3) is 0 Å². The van der Waals surface area contributed by atoms with E-state index in [-0.39, 0.29) is 0 Å². The molecule has 2 N–H and O–H groups in total. The summed E-state index contributed by atoms with van der Waals surface area (Å²) in [6.07, 6.45) is 10.4. The second-order valence-electron chi connectivity index (χ2n) is 4.14. The van der Waals surface area contributed by atoms with Gasteiger partial charge < -0.3 is 10.3 Å². The maximum Gasteiger partial charge on any atom is 0.107 e. The van der Waals surface area contributed by atoms with Gasteiger partial charge in [-0.05, 0) is 25.3 Å². The number of hydrogen-bond acceptors (Lipinski definition) is 2. The number of aromatic nitrogens is 2. The highest BCUT2D eigenvalue weighted by Gasteiger charge is 2.13. The maximum absolute atomic E-state index is 4.19. The van der Waals surface area contributed by atoms with Gasteiger partial charge >= 0.3 is 0 Å². The van der Waals surface area contributed by atoms with E-state index in [2.05, 4.69) is 15.3 Å². The number of aromatic amines is 1. The number of nitrogens with zero attached hydrogens (tertiary/aromatic N) is 1. The first-order valence-electron chi connectivity index (χ1n) is 5.64. The van der Waals surface area contributed by atoms with Gasteiger partial charge in [-0.2, -0.15) is 0 Å². The quantitative estimate of drug-likeness (QED) is 0.699. The lowest BCUT2D eigenvalue weighted by molar-refractivity contribution is 0.490. The fourth-order valence-corrected chi connectivity index (χ4v) is 2.16. The SMILES string of the molecule is c1c[nH]c(CCNCC2CCCC2)n1. The van der Waals surface area contributed by atoms with E-state index in [4.69, 9.17) is 0 Å². The number of rotatable bonds is 5. The Bertz CT molecular complexity index is 237. The highest BCUT2D eigenvalue weighted by molar-refractivity contribution is 4.87. The Kier molecular flexibility index (Phi) is 3.57. The summed E-state index contributed by atoms with van der Waals surface area (Å²) >= 11 is 0. The summed E-state index contributed by atoms with van der Waals surface area (Å²) in [7, 11) is 0. The van der Waals surface area contributed by atoms with Crippen molar-refractivity contribution in [3.05, 3.63) is 18.2 Å². The van der Waals surface area contributed by atoms with Gasteiger partial charge in [0.1, 0.15) is 5.82 Å². The molecule has 1 fully saturated rings. The molecule has 0 aromatic carbocycles. The number of imidazole rings is 1. The van der Waals surface area contributed by atoms with Gasteiger partial charge in [-0.25, -0.2) is 4.98 Å². The Morgan fingerprint density at radius 2 is 2.29 bits per heavy atom. The van der Waals surface area contributed by atoms with Crippen LogP contribution in [0.1, 0.15) is 31.5 Å². The van der Waals surface area contributed by atoms with Gasteiger partial charge in [0.2, 0.25) is 0 Å². The van der Waals surface area contributed by atoms with E-state index in [9.17, 15) is 0 Å². The van der Waals surface area contributed by atoms with E-state index >= 15 is 0 Å². The second-order valence-corrected chi connectivity index (χ2v) is 4.14. The highest BCUT2D eigenvalue weighted by Crippen LogP contribution is 2.23. The van der Waals surface area contributed by atoms with E-state index in [0.29, 0.717) is 0 Å². The lowest BCUT2D eigenvalue weighted by Gasteiger charge is -2.09. The van der Waals surface area contributed by atoms with Crippen molar-refractivity contribution in [2.45, 2.75) is 32.1 Å². The average molecular weight is 193 g/mol.